The quantitative estimate of drug-likeness (QED) is 0.316. The Morgan fingerprint density at radius 3 is 2.69 bits per heavy atom. The molecule has 3 aromatic rings. The molecule has 7 nitrogen and oxygen atoms in total. The van der Waals surface area contributed by atoms with Crippen molar-refractivity contribution in [2.45, 2.75) is 43.1 Å². The molecule has 0 unspecified atom stereocenters. The second-order valence-electron chi connectivity index (χ2n) is 9.40. The minimum atomic E-state index is -0.824. The number of rotatable bonds is 11. The van der Waals surface area contributed by atoms with Crippen LogP contribution in [0.4, 0.5) is 0 Å². The van der Waals surface area contributed by atoms with E-state index in [1.807, 2.05) is 30.3 Å². The lowest BCUT2D eigenvalue weighted by molar-refractivity contribution is -0.141. The van der Waals surface area contributed by atoms with Gasteiger partial charge >= 0.3 is 5.97 Å². The number of aromatic nitrogens is 2. The smallest absolute Gasteiger partial charge is 0.303 e. The Balaban J connectivity index is 1.39. The second kappa shape index (κ2) is 12.2. The van der Waals surface area contributed by atoms with Gasteiger partial charge in [0.2, 0.25) is 0 Å². The second-order valence-corrected chi connectivity index (χ2v) is 11.0. The summed E-state index contributed by atoms with van der Waals surface area (Å²) in [6, 6.07) is 9.53. The fourth-order valence-electron chi connectivity index (χ4n) is 5.03. The summed E-state index contributed by atoms with van der Waals surface area (Å²) >= 11 is 8.28. The van der Waals surface area contributed by atoms with Crippen LogP contribution in [0.5, 0.6) is 5.75 Å². The van der Waals surface area contributed by atoms with Crippen molar-refractivity contribution in [1.82, 2.24) is 14.9 Å². The van der Waals surface area contributed by atoms with E-state index in [1.165, 1.54) is 4.90 Å². The van der Waals surface area contributed by atoms with Crippen molar-refractivity contribution < 1.29 is 19.7 Å². The number of carbonyl (C=O) groups is 1. The number of carboxylic acids is 1. The van der Waals surface area contributed by atoms with Gasteiger partial charge in [0.25, 0.3) is 0 Å². The number of methoxy groups -OCH3 is 1. The first-order chi connectivity index (χ1) is 17.4. The fraction of sp³-hybridized carbons (Fsp3) is 0.444. The molecule has 0 aliphatic carbocycles. The Labute approximate surface area is 220 Å². The molecule has 1 aliphatic heterocycles. The number of aliphatic carboxylic acids is 1. The molecule has 1 aliphatic rings. The molecule has 36 heavy (non-hydrogen) atoms. The number of likely N-dealkylation sites (tertiary alicyclic amines) is 1. The summed E-state index contributed by atoms with van der Waals surface area (Å²) in [4.78, 5) is 23.8. The minimum Gasteiger partial charge on any atom is -0.497 e. The van der Waals surface area contributed by atoms with E-state index < -0.39 is 12.1 Å². The van der Waals surface area contributed by atoms with E-state index in [0.29, 0.717) is 29.2 Å². The molecule has 0 radical (unpaired) electrons. The Bertz CT molecular complexity index is 1170. The molecular formula is C27H32ClN3O4S. The van der Waals surface area contributed by atoms with E-state index in [9.17, 15) is 15.0 Å². The van der Waals surface area contributed by atoms with E-state index >= 15 is 0 Å². The van der Waals surface area contributed by atoms with Crippen LogP contribution in [0.2, 0.25) is 5.02 Å². The number of thioether (sulfide) groups is 1. The van der Waals surface area contributed by atoms with Crippen molar-refractivity contribution in [3.05, 3.63) is 59.5 Å². The summed E-state index contributed by atoms with van der Waals surface area (Å²) in [6.45, 7) is 2.67. The zero-order valence-corrected chi connectivity index (χ0v) is 22.0. The molecule has 9 heteroatoms. The van der Waals surface area contributed by atoms with Gasteiger partial charge < -0.3 is 19.8 Å². The fourth-order valence-corrected chi connectivity index (χ4v) is 6.21. The Morgan fingerprint density at radius 2 is 2.00 bits per heavy atom. The van der Waals surface area contributed by atoms with Gasteiger partial charge in [0.1, 0.15) is 5.75 Å². The minimum absolute atomic E-state index is 0.109. The summed E-state index contributed by atoms with van der Waals surface area (Å²) < 4.78 is 5.35. The third-order valence-electron chi connectivity index (χ3n) is 7.12. The molecule has 0 spiro atoms. The van der Waals surface area contributed by atoms with Gasteiger partial charge in [-0.05, 0) is 74.5 Å². The Morgan fingerprint density at radius 1 is 1.25 bits per heavy atom. The van der Waals surface area contributed by atoms with Crippen LogP contribution in [0.15, 0.2) is 53.8 Å². The van der Waals surface area contributed by atoms with E-state index in [-0.39, 0.29) is 11.8 Å². The molecule has 0 bridgehead atoms. The summed E-state index contributed by atoms with van der Waals surface area (Å²) in [5.41, 5.74) is 1.01. The molecular weight excluding hydrogens is 498 g/mol. The van der Waals surface area contributed by atoms with Crippen molar-refractivity contribution in [1.29, 1.82) is 0 Å². The Kier molecular flexibility index (Phi) is 9.06. The summed E-state index contributed by atoms with van der Waals surface area (Å²) in [6.07, 6.45) is 7.09. The zero-order valence-electron chi connectivity index (χ0n) is 20.4. The van der Waals surface area contributed by atoms with Crippen LogP contribution in [-0.4, -0.2) is 63.5 Å². The molecule has 3 heterocycles. The predicted octanol–water partition coefficient (Wildman–Crippen LogP) is 5.45. The number of hydrogen-bond donors (Lipinski definition) is 2. The zero-order chi connectivity index (χ0) is 25.5. The third-order valence-corrected chi connectivity index (χ3v) is 8.41. The highest BCUT2D eigenvalue weighted by Crippen LogP contribution is 2.43. The number of benzene rings is 1. The number of piperidine rings is 1. The normalized spacial score (nSPS) is 16.6. The van der Waals surface area contributed by atoms with E-state index in [4.69, 9.17) is 16.3 Å². The van der Waals surface area contributed by atoms with Gasteiger partial charge in [-0.3, -0.25) is 14.8 Å². The number of aliphatic hydroxyl groups excluding tert-OH is 1. The van der Waals surface area contributed by atoms with Crippen molar-refractivity contribution in [3.8, 4) is 5.75 Å². The number of halogens is 1. The Hall–Kier alpha value is -2.39. The van der Waals surface area contributed by atoms with Crippen molar-refractivity contribution >= 4 is 40.2 Å². The first kappa shape index (κ1) is 26.7. The topological polar surface area (TPSA) is 95.8 Å². The van der Waals surface area contributed by atoms with E-state index in [1.54, 1.807) is 37.5 Å². The van der Waals surface area contributed by atoms with Crippen molar-refractivity contribution in [2.24, 2.45) is 5.41 Å². The lowest BCUT2D eigenvalue weighted by Gasteiger charge is -2.41. The molecule has 4 rings (SSSR count). The van der Waals surface area contributed by atoms with Gasteiger partial charge in [-0.1, -0.05) is 11.6 Å². The average molecular weight is 530 g/mol. The summed E-state index contributed by atoms with van der Waals surface area (Å²) in [7, 11) is 1.59. The maximum atomic E-state index is 11.8. The first-order valence-corrected chi connectivity index (χ1v) is 13.5. The SMILES string of the molecule is COc1ccc2ncc(Cl)c([C@H](O)CCC3(CC(=O)O)CCN(CCSc4ccncc4)CC3)c2c1. The molecule has 1 saturated heterocycles. The lowest BCUT2D eigenvalue weighted by atomic mass is 9.71. The van der Waals surface area contributed by atoms with Gasteiger partial charge in [-0.25, -0.2) is 0 Å². The number of aliphatic hydroxyl groups is 1. The van der Waals surface area contributed by atoms with Gasteiger partial charge in [-0.15, -0.1) is 11.8 Å². The van der Waals surface area contributed by atoms with E-state index in [2.05, 4.69) is 14.9 Å². The summed E-state index contributed by atoms with van der Waals surface area (Å²) in [5.74, 6) is 0.853. The molecule has 1 fully saturated rings. The average Bonchev–Trinajstić information content (AvgIpc) is 2.88. The monoisotopic (exact) mass is 529 g/mol. The van der Waals surface area contributed by atoms with E-state index in [0.717, 1.165) is 49.1 Å². The van der Waals surface area contributed by atoms with Crippen LogP contribution < -0.4 is 4.74 Å². The van der Waals surface area contributed by atoms with Gasteiger partial charge in [-0.2, -0.15) is 0 Å². The van der Waals surface area contributed by atoms with Crippen LogP contribution in [0, 0.1) is 5.41 Å². The van der Waals surface area contributed by atoms with Gasteiger partial charge in [0.05, 0.1) is 30.2 Å². The highest BCUT2D eigenvalue weighted by molar-refractivity contribution is 7.99. The molecule has 192 valence electrons. The highest BCUT2D eigenvalue weighted by Gasteiger charge is 2.37. The molecule has 2 aromatic heterocycles. The maximum absolute atomic E-state index is 11.8. The highest BCUT2D eigenvalue weighted by atomic mass is 35.5. The predicted molar refractivity (Wildman–Crippen MR) is 143 cm³/mol. The number of carboxylic acid groups (broad SMARTS) is 1. The lowest BCUT2D eigenvalue weighted by Crippen LogP contribution is -2.42. The van der Waals surface area contributed by atoms with Gasteiger partial charge in [0, 0.05) is 46.7 Å². The largest absolute Gasteiger partial charge is 0.497 e. The van der Waals surface area contributed by atoms with Gasteiger partial charge in [0.15, 0.2) is 0 Å². The van der Waals surface area contributed by atoms with Crippen LogP contribution >= 0.6 is 23.4 Å². The molecule has 0 amide bonds. The number of fused-ring (bicyclic) bond motifs is 1. The molecule has 1 atom stereocenters. The standard InChI is InChI=1S/C27H32ClN3O4S/c1-35-19-2-3-23-21(16-19)26(22(28)18-30-23)24(32)4-7-27(17-25(33)34)8-12-31(13-9-27)14-15-36-20-5-10-29-11-6-20/h2-3,5-6,10-11,16,18,24,32H,4,7-9,12-15,17H2,1H3,(H,33,34)/t24-/m1/s1. The van der Waals surface area contributed by atoms with Crippen LogP contribution in [0.25, 0.3) is 10.9 Å². The number of pyridine rings is 2. The molecule has 2 N–H and O–H groups in total. The molecule has 1 aromatic carbocycles. The number of nitrogens with zero attached hydrogens (tertiary/aromatic N) is 3. The van der Waals surface area contributed by atoms with Crippen molar-refractivity contribution in [3.63, 3.8) is 0 Å². The molecule has 0 saturated carbocycles. The maximum Gasteiger partial charge on any atom is 0.303 e. The summed E-state index contributed by atoms with van der Waals surface area (Å²) in [5, 5.41) is 22.0. The first-order valence-electron chi connectivity index (χ1n) is 12.2. The van der Waals surface area contributed by atoms with Crippen molar-refractivity contribution in [2.75, 3.05) is 32.5 Å². The third kappa shape index (κ3) is 6.68. The van der Waals surface area contributed by atoms with Crippen LogP contribution in [-0.2, 0) is 4.79 Å². The van der Waals surface area contributed by atoms with Crippen LogP contribution in [0.3, 0.4) is 0 Å². The van der Waals surface area contributed by atoms with Crippen LogP contribution in [0.1, 0.15) is 43.8 Å². The number of ether oxygens (including phenoxy) is 1. The number of hydrogen-bond acceptors (Lipinski definition) is 7.